The lowest BCUT2D eigenvalue weighted by Crippen LogP contribution is -2.38. The molecule has 0 fully saturated rings. The van der Waals surface area contributed by atoms with Crippen LogP contribution in [0.25, 0.3) is 0 Å². The number of hydrogen-bond acceptors (Lipinski definition) is 8. The predicted molar refractivity (Wildman–Crippen MR) is 83.4 cm³/mol. The first-order valence-corrected chi connectivity index (χ1v) is 6.85. The van der Waals surface area contributed by atoms with Gasteiger partial charge in [-0.2, -0.15) is 0 Å². The first-order valence-electron chi connectivity index (χ1n) is 6.85. The highest BCUT2D eigenvalue weighted by molar-refractivity contribution is 6.16. The zero-order chi connectivity index (χ0) is 20.0. The van der Waals surface area contributed by atoms with E-state index in [0.717, 1.165) is 0 Å². The number of nitrogens with one attached hydrogen (secondary N) is 2. The molecular weight excluding hydrogens is 352 g/mol. The van der Waals surface area contributed by atoms with Crippen LogP contribution in [0.5, 0.6) is 0 Å². The van der Waals surface area contributed by atoms with Crippen LogP contribution in [0.2, 0.25) is 0 Å². The fourth-order valence-corrected chi connectivity index (χ4v) is 1.82. The van der Waals surface area contributed by atoms with Gasteiger partial charge < -0.3 is 21.7 Å². The zero-order valence-electron chi connectivity index (χ0n) is 13.1. The van der Waals surface area contributed by atoms with Crippen LogP contribution in [-0.4, -0.2) is 58.9 Å². The van der Waals surface area contributed by atoms with E-state index >= 15 is 0 Å². The van der Waals surface area contributed by atoms with Gasteiger partial charge in [0.25, 0.3) is 11.8 Å². The van der Waals surface area contributed by atoms with E-state index in [1.165, 1.54) is 0 Å². The summed E-state index contributed by atoms with van der Waals surface area (Å²) in [6.45, 7) is -1.14. The van der Waals surface area contributed by atoms with Crippen molar-refractivity contribution >= 4 is 35.6 Å². The number of benzene rings is 1. The van der Waals surface area contributed by atoms with Crippen LogP contribution in [0.15, 0.2) is 12.1 Å². The molecule has 0 bridgehead atoms. The number of rotatable bonds is 6. The Kier molecular flexibility index (Phi) is 6.64. The summed E-state index contributed by atoms with van der Waals surface area (Å²) in [5, 5.41) is 21.9. The maximum absolute atomic E-state index is 12.1. The number of carboxylic acids is 2. The van der Waals surface area contributed by atoms with E-state index in [9.17, 15) is 39.0 Å². The summed E-state index contributed by atoms with van der Waals surface area (Å²) < 4.78 is 0. The SMILES string of the molecule is NCC(=O)NC(=O)c1cc(C(=O)NC(=O)CN)c(C(=O)O)cc1C(=O)O. The van der Waals surface area contributed by atoms with Crippen LogP contribution in [0.1, 0.15) is 41.4 Å². The number of aromatic carboxylic acids is 2. The second kappa shape index (κ2) is 8.46. The lowest BCUT2D eigenvalue weighted by Gasteiger charge is -2.12. The second-order valence-corrected chi connectivity index (χ2v) is 4.72. The van der Waals surface area contributed by atoms with Gasteiger partial charge in [0.05, 0.1) is 35.3 Å². The Labute approximate surface area is 145 Å². The summed E-state index contributed by atoms with van der Waals surface area (Å²) in [5.74, 6) is -7.65. The highest BCUT2D eigenvalue weighted by Gasteiger charge is 2.26. The van der Waals surface area contributed by atoms with E-state index in [4.69, 9.17) is 11.5 Å². The van der Waals surface area contributed by atoms with Crippen LogP contribution < -0.4 is 22.1 Å². The van der Waals surface area contributed by atoms with Crippen molar-refractivity contribution < 1.29 is 39.0 Å². The molecule has 4 amide bonds. The largest absolute Gasteiger partial charge is 0.478 e. The third kappa shape index (κ3) is 4.68. The van der Waals surface area contributed by atoms with Crippen molar-refractivity contribution in [3.05, 3.63) is 34.4 Å². The van der Waals surface area contributed by atoms with E-state index in [1.54, 1.807) is 10.6 Å². The smallest absolute Gasteiger partial charge is 0.336 e. The molecule has 0 spiro atoms. The Morgan fingerprint density at radius 1 is 0.692 bits per heavy atom. The molecule has 0 unspecified atom stereocenters. The van der Waals surface area contributed by atoms with Gasteiger partial charge in [0.15, 0.2) is 0 Å². The molecule has 1 aromatic rings. The summed E-state index contributed by atoms with van der Waals surface area (Å²) in [6.07, 6.45) is 0. The molecule has 0 atom stereocenters. The molecule has 0 heterocycles. The topological polar surface area (TPSA) is 219 Å². The van der Waals surface area contributed by atoms with Crippen molar-refractivity contribution in [1.29, 1.82) is 0 Å². The lowest BCUT2D eigenvalue weighted by atomic mass is 9.97. The van der Waals surface area contributed by atoms with Crippen molar-refractivity contribution in [2.45, 2.75) is 0 Å². The maximum Gasteiger partial charge on any atom is 0.336 e. The minimum Gasteiger partial charge on any atom is -0.478 e. The lowest BCUT2D eigenvalue weighted by molar-refractivity contribution is -0.119. The van der Waals surface area contributed by atoms with Crippen molar-refractivity contribution in [2.75, 3.05) is 13.1 Å². The number of carbonyl (C=O) groups excluding carboxylic acids is 4. The van der Waals surface area contributed by atoms with Gasteiger partial charge in [-0.25, -0.2) is 9.59 Å². The molecule has 26 heavy (non-hydrogen) atoms. The number of imide groups is 2. The molecule has 0 saturated heterocycles. The molecule has 0 radical (unpaired) electrons. The third-order valence-corrected chi connectivity index (χ3v) is 2.98. The van der Waals surface area contributed by atoms with Crippen LogP contribution in [0.4, 0.5) is 0 Å². The Balaban J connectivity index is 3.55. The predicted octanol–water partition coefficient (Wildman–Crippen LogP) is -2.49. The van der Waals surface area contributed by atoms with Gasteiger partial charge in [0.2, 0.25) is 11.8 Å². The fourth-order valence-electron chi connectivity index (χ4n) is 1.82. The number of carbonyl (C=O) groups is 6. The fraction of sp³-hybridized carbons (Fsp3) is 0.143. The molecule has 1 aromatic carbocycles. The Morgan fingerprint density at radius 3 is 1.27 bits per heavy atom. The molecule has 0 aliphatic rings. The van der Waals surface area contributed by atoms with Gasteiger partial charge in [-0.3, -0.25) is 29.8 Å². The van der Waals surface area contributed by atoms with Crippen molar-refractivity contribution in [2.24, 2.45) is 11.5 Å². The van der Waals surface area contributed by atoms with E-state index < -0.39 is 70.9 Å². The molecule has 8 N–H and O–H groups in total. The summed E-state index contributed by atoms with van der Waals surface area (Å²) in [6, 6.07) is 1.21. The molecular formula is C14H14N4O8. The number of carboxylic acid groups (broad SMARTS) is 2. The molecule has 0 aromatic heterocycles. The Hall–Kier alpha value is -3.64. The summed E-state index contributed by atoms with van der Waals surface area (Å²) in [5.41, 5.74) is 7.19. The average molecular weight is 366 g/mol. The van der Waals surface area contributed by atoms with Gasteiger partial charge in [-0.05, 0) is 12.1 Å². The van der Waals surface area contributed by atoms with E-state index in [1.807, 2.05) is 0 Å². The molecule has 0 aliphatic heterocycles. The van der Waals surface area contributed by atoms with E-state index in [2.05, 4.69) is 0 Å². The minimum atomic E-state index is -1.68. The monoisotopic (exact) mass is 366 g/mol. The summed E-state index contributed by atoms with van der Waals surface area (Å²) >= 11 is 0. The van der Waals surface area contributed by atoms with Gasteiger partial charge in [0, 0.05) is 0 Å². The standard InChI is InChI=1S/C14H14N4O8/c15-3-9(19)17-11(21)5-1-6(12(22)18-10(20)4-16)8(14(25)26)2-7(5)13(23)24/h1-2H,3-4,15-16H2,(H,23,24)(H,25,26)(H,17,19,21)(H,18,20,22). The molecule has 1 rings (SSSR count). The molecule has 12 nitrogen and oxygen atoms in total. The minimum absolute atomic E-state index is 0.564. The van der Waals surface area contributed by atoms with Gasteiger partial charge in [0.1, 0.15) is 0 Å². The quantitative estimate of drug-likeness (QED) is 0.311. The van der Waals surface area contributed by atoms with Crippen LogP contribution in [-0.2, 0) is 9.59 Å². The number of hydrogen-bond donors (Lipinski definition) is 6. The van der Waals surface area contributed by atoms with Gasteiger partial charge in [-0.15, -0.1) is 0 Å². The number of amides is 4. The first-order chi connectivity index (χ1) is 12.1. The van der Waals surface area contributed by atoms with Gasteiger partial charge in [-0.1, -0.05) is 0 Å². The maximum atomic E-state index is 12.1. The normalized spacial score (nSPS) is 9.92. The highest BCUT2D eigenvalue weighted by Crippen LogP contribution is 2.18. The summed E-state index contributed by atoms with van der Waals surface area (Å²) in [7, 11) is 0. The molecule has 138 valence electrons. The van der Waals surface area contributed by atoms with Crippen LogP contribution in [0, 0.1) is 0 Å². The van der Waals surface area contributed by atoms with Crippen LogP contribution >= 0.6 is 0 Å². The van der Waals surface area contributed by atoms with Crippen LogP contribution in [0.3, 0.4) is 0 Å². The molecule has 12 heteroatoms. The highest BCUT2D eigenvalue weighted by atomic mass is 16.4. The van der Waals surface area contributed by atoms with E-state index in [0.29, 0.717) is 12.1 Å². The van der Waals surface area contributed by atoms with E-state index in [-0.39, 0.29) is 0 Å². The van der Waals surface area contributed by atoms with Crippen molar-refractivity contribution in [3.8, 4) is 0 Å². The average Bonchev–Trinajstić information content (AvgIpc) is 2.59. The Morgan fingerprint density at radius 2 is 1.00 bits per heavy atom. The first kappa shape index (κ1) is 20.4. The third-order valence-electron chi connectivity index (χ3n) is 2.98. The van der Waals surface area contributed by atoms with Crippen molar-refractivity contribution in [1.82, 2.24) is 10.6 Å². The summed E-state index contributed by atoms with van der Waals surface area (Å²) in [4.78, 5) is 69.2. The molecule has 0 saturated carbocycles. The number of nitrogens with two attached hydrogens (primary N) is 2. The Bertz CT molecular complexity index is 754. The molecule has 0 aliphatic carbocycles. The second-order valence-electron chi connectivity index (χ2n) is 4.72. The van der Waals surface area contributed by atoms with Gasteiger partial charge >= 0.3 is 11.9 Å². The van der Waals surface area contributed by atoms with Crippen molar-refractivity contribution in [3.63, 3.8) is 0 Å². The zero-order valence-corrected chi connectivity index (χ0v) is 13.1.